The van der Waals surface area contributed by atoms with Gasteiger partial charge in [0.15, 0.2) is 0 Å². The molecule has 1 heteroatoms. The van der Waals surface area contributed by atoms with Crippen LogP contribution in [0, 0.1) is 5.92 Å². The third-order valence-corrected chi connectivity index (χ3v) is 2.06. The van der Waals surface area contributed by atoms with Crippen molar-refractivity contribution in [3.63, 3.8) is 0 Å². The van der Waals surface area contributed by atoms with Crippen molar-refractivity contribution in [3.8, 4) is 0 Å². The van der Waals surface area contributed by atoms with Gasteiger partial charge in [-0.3, -0.25) is 0 Å². The highest BCUT2D eigenvalue weighted by molar-refractivity contribution is 4.96. The SMILES string of the molecule is C1CC2NCC12. The van der Waals surface area contributed by atoms with E-state index in [4.69, 9.17) is 0 Å². The van der Waals surface area contributed by atoms with E-state index in [0.717, 1.165) is 12.0 Å². The highest BCUT2D eigenvalue weighted by Gasteiger charge is 2.37. The number of hydrogen-bond acceptors (Lipinski definition) is 1. The smallest absolute Gasteiger partial charge is 0.0108 e. The summed E-state index contributed by atoms with van der Waals surface area (Å²) in [5.41, 5.74) is 0. The predicted octanol–water partition coefficient (Wildman–Crippen LogP) is 0.368. The molecule has 0 radical (unpaired) electrons. The van der Waals surface area contributed by atoms with Gasteiger partial charge in [-0.15, -0.1) is 0 Å². The third kappa shape index (κ3) is 0.178. The van der Waals surface area contributed by atoms with Crippen molar-refractivity contribution < 1.29 is 0 Å². The molecule has 2 rings (SSSR count). The summed E-state index contributed by atoms with van der Waals surface area (Å²) in [6.45, 7) is 1.31. The summed E-state index contributed by atoms with van der Waals surface area (Å²) < 4.78 is 0. The van der Waals surface area contributed by atoms with E-state index in [1.54, 1.807) is 0 Å². The molecule has 0 aromatic heterocycles. The summed E-state index contributed by atoms with van der Waals surface area (Å²) in [5.74, 6) is 1.10. The number of rotatable bonds is 0. The van der Waals surface area contributed by atoms with Crippen LogP contribution >= 0.6 is 0 Å². The van der Waals surface area contributed by atoms with Crippen LogP contribution in [0.5, 0.6) is 0 Å². The van der Waals surface area contributed by atoms with Gasteiger partial charge in [-0.05, 0) is 25.3 Å². The molecular weight excluding hydrogens is 74.1 g/mol. The van der Waals surface area contributed by atoms with E-state index < -0.39 is 0 Å². The van der Waals surface area contributed by atoms with Crippen LogP contribution in [0.25, 0.3) is 0 Å². The standard InChI is InChI=1S/C5H9N/c1-2-5-4(1)3-6-5/h4-6H,1-3H2. The Morgan fingerprint density at radius 2 is 2.17 bits per heavy atom. The molecular formula is C5H9N. The Hall–Kier alpha value is -0.0400. The number of fused-ring (bicyclic) bond motifs is 1. The maximum atomic E-state index is 3.34. The monoisotopic (exact) mass is 83.1 g/mol. The molecule has 1 aliphatic carbocycles. The molecule has 6 heavy (non-hydrogen) atoms. The molecule has 2 aliphatic rings. The molecule has 1 N–H and O–H groups in total. The van der Waals surface area contributed by atoms with Crippen LogP contribution in [0.2, 0.25) is 0 Å². The van der Waals surface area contributed by atoms with Gasteiger partial charge in [0.2, 0.25) is 0 Å². The lowest BCUT2D eigenvalue weighted by atomic mass is 9.74. The van der Waals surface area contributed by atoms with Crippen LogP contribution in [-0.2, 0) is 0 Å². The minimum Gasteiger partial charge on any atom is -0.313 e. The second-order valence-electron chi connectivity index (χ2n) is 2.35. The molecule has 1 saturated heterocycles. The third-order valence-electron chi connectivity index (χ3n) is 2.06. The normalized spacial score (nSPS) is 52.0. The average molecular weight is 83.1 g/mol. The van der Waals surface area contributed by atoms with Crippen LogP contribution in [-0.4, -0.2) is 12.6 Å². The van der Waals surface area contributed by atoms with Gasteiger partial charge in [0.05, 0.1) is 0 Å². The fourth-order valence-electron chi connectivity index (χ4n) is 1.22. The van der Waals surface area contributed by atoms with Crippen LogP contribution in [0.4, 0.5) is 0 Å². The first-order valence-electron chi connectivity index (χ1n) is 2.70. The van der Waals surface area contributed by atoms with Crippen molar-refractivity contribution in [3.05, 3.63) is 0 Å². The van der Waals surface area contributed by atoms with E-state index in [2.05, 4.69) is 5.32 Å². The van der Waals surface area contributed by atoms with Crippen molar-refractivity contribution in [1.82, 2.24) is 5.32 Å². The molecule has 2 atom stereocenters. The Labute approximate surface area is 37.7 Å². The maximum Gasteiger partial charge on any atom is 0.0108 e. The highest BCUT2D eigenvalue weighted by atomic mass is 15.0. The Morgan fingerprint density at radius 3 is 2.17 bits per heavy atom. The summed E-state index contributed by atoms with van der Waals surface area (Å²) >= 11 is 0. The Bertz CT molecular complexity index is 52.3. The van der Waals surface area contributed by atoms with Crippen molar-refractivity contribution in [2.45, 2.75) is 18.9 Å². The maximum absolute atomic E-state index is 3.34. The largest absolute Gasteiger partial charge is 0.313 e. The van der Waals surface area contributed by atoms with Gasteiger partial charge >= 0.3 is 0 Å². The van der Waals surface area contributed by atoms with Crippen LogP contribution < -0.4 is 5.32 Å². The summed E-state index contributed by atoms with van der Waals surface area (Å²) in [6.07, 6.45) is 2.95. The van der Waals surface area contributed by atoms with E-state index in [0.29, 0.717) is 0 Å². The minimum absolute atomic E-state index is 0.963. The summed E-state index contributed by atoms with van der Waals surface area (Å²) in [6, 6.07) is 0.963. The van der Waals surface area contributed by atoms with E-state index >= 15 is 0 Å². The molecule has 34 valence electrons. The van der Waals surface area contributed by atoms with Crippen LogP contribution in [0.1, 0.15) is 12.8 Å². The van der Waals surface area contributed by atoms with Crippen molar-refractivity contribution in [2.75, 3.05) is 6.54 Å². The van der Waals surface area contributed by atoms with Crippen LogP contribution in [0.3, 0.4) is 0 Å². The topological polar surface area (TPSA) is 12.0 Å². The molecule has 0 amide bonds. The van der Waals surface area contributed by atoms with Crippen molar-refractivity contribution in [1.29, 1.82) is 0 Å². The Kier molecular flexibility index (Phi) is 0.396. The van der Waals surface area contributed by atoms with Gasteiger partial charge in [0, 0.05) is 6.04 Å². The Balaban J connectivity index is 2.03. The van der Waals surface area contributed by atoms with Crippen LogP contribution in [0.15, 0.2) is 0 Å². The summed E-state index contributed by atoms with van der Waals surface area (Å²) in [7, 11) is 0. The lowest BCUT2D eigenvalue weighted by Crippen LogP contribution is -2.59. The first-order valence-corrected chi connectivity index (χ1v) is 2.70. The lowest BCUT2D eigenvalue weighted by Gasteiger charge is -2.47. The van der Waals surface area contributed by atoms with Gasteiger partial charge in [-0.25, -0.2) is 0 Å². The van der Waals surface area contributed by atoms with E-state index in [1.807, 2.05) is 0 Å². The molecule has 0 bridgehead atoms. The van der Waals surface area contributed by atoms with E-state index in [9.17, 15) is 0 Å². The first kappa shape index (κ1) is 3.03. The van der Waals surface area contributed by atoms with Gasteiger partial charge < -0.3 is 5.32 Å². The van der Waals surface area contributed by atoms with Gasteiger partial charge in [-0.1, -0.05) is 0 Å². The van der Waals surface area contributed by atoms with Crippen molar-refractivity contribution >= 4 is 0 Å². The quantitative estimate of drug-likeness (QED) is 0.446. The second kappa shape index (κ2) is 0.784. The fraction of sp³-hybridized carbons (Fsp3) is 1.00. The van der Waals surface area contributed by atoms with Crippen molar-refractivity contribution in [2.24, 2.45) is 5.92 Å². The summed E-state index contributed by atoms with van der Waals surface area (Å²) in [4.78, 5) is 0. The zero-order chi connectivity index (χ0) is 3.98. The van der Waals surface area contributed by atoms with Gasteiger partial charge in [0.25, 0.3) is 0 Å². The molecule has 0 aromatic carbocycles. The molecule has 1 saturated carbocycles. The lowest BCUT2D eigenvalue weighted by molar-refractivity contribution is 0.111. The average Bonchev–Trinajstić information content (AvgIpc) is 1.54. The molecule has 2 unspecified atom stereocenters. The molecule has 2 fully saturated rings. The zero-order valence-corrected chi connectivity index (χ0v) is 3.78. The van der Waals surface area contributed by atoms with E-state index in [-0.39, 0.29) is 0 Å². The summed E-state index contributed by atoms with van der Waals surface area (Å²) in [5, 5.41) is 3.34. The fourth-order valence-corrected chi connectivity index (χ4v) is 1.22. The molecule has 0 spiro atoms. The number of piperidine rings is 1. The Morgan fingerprint density at radius 1 is 1.33 bits per heavy atom. The molecule has 1 heterocycles. The van der Waals surface area contributed by atoms with Gasteiger partial charge in [0.1, 0.15) is 0 Å². The molecule has 0 aromatic rings. The second-order valence-corrected chi connectivity index (χ2v) is 2.35. The first-order chi connectivity index (χ1) is 2.97. The van der Waals surface area contributed by atoms with Gasteiger partial charge in [-0.2, -0.15) is 0 Å². The minimum atomic E-state index is 0.963. The molecule has 1 nitrogen and oxygen atoms in total. The number of nitrogens with one attached hydrogen (secondary N) is 1. The predicted molar refractivity (Wildman–Crippen MR) is 24.5 cm³/mol. The molecule has 1 aliphatic heterocycles. The number of hydrogen-bond donors (Lipinski definition) is 1. The zero-order valence-electron chi connectivity index (χ0n) is 3.78. The van der Waals surface area contributed by atoms with E-state index in [1.165, 1.54) is 19.4 Å². The highest BCUT2D eigenvalue weighted by Crippen LogP contribution is 2.32.